The maximum absolute atomic E-state index is 5.42. The van der Waals surface area contributed by atoms with Crippen molar-refractivity contribution in [3.8, 4) is 5.88 Å². The zero-order chi connectivity index (χ0) is 14.8. The molecule has 6 nitrogen and oxygen atoms in total. The van der Waals surface area contributed by atoms with Gasteiger partial charge in [-0.3, -0.25) is 0 Å². The predicted octanol–water partition coefficient (Wildman–Crippen LogP) is 2.23. The van der Waals surface area contributed by atoms with Gasteiger partial charge in [0.1, 0.15) is 11.8 Å². The molecule has 21 heavy (non-hydrogen) atoms. The third-order valence-electron chi connectivity index (χ3n) is 4.32. The van der Waals surface area contributed by atoms with E-state index < -0.39 is 0 Å². The number of rotatable bonds is 4. The van der Waals surface area contributed by atoms with Crippen molar-refractivity contribution in [2.45, 2.75) is 25.8 Å². The van der Waals surface area contributed by atoms with Crippen LogP contribution in [0.15, 0.2) is 6.33 Å². The van der Waals surface area contributed by atoms with E-state index in [0.717, 1.165) is 30.0 Å². The second-order valence-corrected chi connectivity index (χ2v) is 6.09. The van der Waals surface area contributed by atoms with Crippen LogP contribution in [0.3, 0.4) is 0 Å². The van der Waals surface area contributed by atoms with Crippen molar-refractivity contribution in [1.82, 2.24) is 24.4 Å². The van der Waals surface area contributed by atoms with Crippen molar-refractivity contribution in [3.63, 3.8) is 0 Å². The molecule has 7 heteroatoms. The second kappa shape index (κ2) is 6.11. The van der Waals surface area contributed by atoms with Crippen LogP contribution in [0.1, 0.15) is 19.3 Å². The molecule has 1 aliphatic heterocycles. The Bertz CT molecular complexity index is 672. The molecule has 0 aromatic carbocycles. The first kappa shape index (κ1) is 14.5. The number of likely N-dealkylation sites (tertiary alicyclic amines) is 1. The monoisotopic (exact) mass is 307 g/mol. The zero-order valence-corrected chi connectivity index (χ0v) is 13.3. The van der Waals surface area contributed by atoms with Crippen LogP contribution in [0.25, 0.3) is 11.2 Å². The SMILES string of the molecule is COc1ncnc2c1[nH]c(=S)n2CCC1CCN(C)CC1. The number of nitrogens with one attached hydrogen (secondary N) is 1. The molecule has 0 unspecified atom stereocenters. The first-order chi connectivity index (χ1) is 10.2. The number of aromatic nitrogens is 4. The van der Waals surface area contributed by atoms with E-state index in [1.165, 1.54) is 32.3 Å². The topological polar surface area (TPSA) is 59.0 Å². The molecule has 3 heterocycles. The van der Waals surface area contributed by atoms with Gasteiger partial charge in [-0.2, -0.15) is 4.98 Å². The van der Waals surface area contributed by atoms with Crippen LogP contribution in [0.2, 0.25) is 0 Å². The highest BCUT2D eigenvalue weighted by Gasteiger charge is 2.18. The maximum Gasteiger partial charge on any atom is 0.242 e. The van der Waals surface area contributed by atoms with Crippen molar-refractivity contribution in [2.24, 2.45) is 5.92 Å². The summed E-state index contributed by atoms with van der Waals surface area (Å²) in [5.74, 6) is 1.32. The average molecular weight is 307 g/mol. The molecule has 1 N–H and O–H groups in total. The third-order valence-corrected chi connectivity index (χ3v) is 4.64. The number of aromatic amines is 1. The van der Waals surface area contributed by atoms with Crippen molar-refractivity contribution >= 4 is 23.4 Å². The number of nitrogens with zero attached hydrogens (tertiary/aromatic N) is 4. The minimum absolute atomic E-state index is 0.546. The third kappa shape index (κ3) is 2.94. The first-order valence-electron chi connectivity index (χ1n) is 7.35. The Kier molecular flexibility index (Phi) is 4.21. The minimum Gasteiger partial charge on any atom is -0.479 e. The Morgan fingerprint density at radius 3 is 2.86 bits per heavy atom. The molecule has 1 saturated heterocycles. The standard InChI is InChI=1S/C14H21N5OS/c1-18-6-3-10(4-7-18)5-8-19-12-11(17-14(19)21)13(20-2)16-9-15-12/h9-10H,3-8H2,1-2H3,(H,17,21). The maximum atomic E-state index is 5.42. The molecule has 1 fully saturated rings. The number of H-pyrrole nitrogens is 1. The molecule has 0 atom stereocenters. The highest BCUT2D eigenvalue weighted by Crippen LogP contribution is 2.23. The number of methoxy groups -OCH3 is 1. The first-order valence-corrected chi connectivity index (χ1v) is 7.76. The van der Waals surface area contributed by atoms with E-state index in [1.54, 1.807) is 7.11 Å². The number of aryl methyl sites for hydroxylation is 1. The van der Waals surface area contributed by atoms with Gasteiger partial charge in [0.05, 0.1) is 7.11 Å². The van der Waals surface area contributed by atoms with Gasteiger partial charge < -0.3 is 19.2 Å². The van der Waals surface area contributed by atoms with Gasteiger partial charge in [-0.25, -0.2) is 4.98 Å². The summed E-state index contributed by atoms with van der Waals surface area (Å²) in [7, 11) is 3.80. The highest BCUT2D eigenvalue weighted by atomic mass is 32.1. The largest absolute Gasteiger partial charge is 0.479 e. The molecule has 0 radical (unpaired) electrons. The van der Waals surface area contributed by atoms with Crippen LogP contribution in [0.4, 0.5) is 0 Å². The van der Waals surface area contributed by atoms with E-state index in [2.05, 4.69) is 31.5 Å². The minimum atomic E-state index is 0.546. The molecule has 0 amide bonds. The number of piperidine rings is 1. The van der Waals surface area contributed by atoms with Gasteiger partial charge in [-0.1, -0.05) is 0 Å². The van der Waals surface area contributed by atoms with Gasteiger partial charge >= 0.3 is 0 Å². The number of fused-ring (bicyclic) bond motifs is 1. The molecular weight excluding hydrogens is 286 g/mol. The second-order valence-electron chi connectivity index (χ2n) is 5.70. The van der Waals surface area contributed by atoms with Gasteiger partial charge in [0.15, 0.2) is 10.4 Å². The van der Waals surface area contributed by atoms with Crippen molar-refractivity contribution in [1.29, 1.82) is 0 Å². The molecule has 0 saturated carbocycles. The number of imidazole rings is 1. The van der Waals surface area contributed by atoms with Gasteiger partial charge in [0, 0.05) is 6.54 Å². The van der Waals surface area contributed by atoms with Crippen LogP contribution < -0.4 is 4.74 Å². The summed E-state index contributed by atoms with van der Waals surface area (Å²) in [4.78, 5) is 14.0. The van der Waals surface area contributed by atoms with E-state index in [4.69, 9.17) is 17.0 Å². The molecular formula is C14H21N5OS. The van der Waals surface area contributed by atoms with Crippen LogP contribution >= 0.6 is 12.2 Å². The van der Waals surface area contributed by atoms with Crippen LogP contribution in [-0.4, -0.2) is 51.7 Å². The predicted molar refractivity (Wildman–Crippen MR) is 84.1 cm³/mol. The van der Waals surface area contributed by atoms with E-state index in [0.29, 0.717) is 10.7 Å². The Hall–Kier alpha value is -1.47. The number of ether oxygens (including phenoxy) is 1. The van der Waals surface area contributed by atoms with E-state index in [9.17, 15) is 0 Å². The van der Waals surface area contributed by atoms with Crippen LogP contribution in [0, 0.1) is 10.7 Å². The van der Waals surface area contributed by atoms with E-state index in [1.807, 2.05) is 0 Å². The normalized spacial score (nSPS) is 17.4. The lowest BCUT2D eigenvalue weighted by Crippen LogP contribution is -2.30. The van der Waals surface area contributed by atoms with E-state index in [-0.39, 0.29) is 0 Å². The summed E-state index contributed by atoms with van der Waals surface area (Å²) in [6.07, 6.45) is 5.20. The summed E-state index contributed by atoms with van der Waals surface area (Å²) >= 11 is 5.42. The van der Waals surface area contributed by atoms with Crippen molar-refractivity contribution < 1.29 is 4.74 Å². The lowest BCUT2D eigenvalue weighted by atomic mass is 9.94. The molecule has 114 valence electrons. The number of hydrogen-bond acceptors (Lipinski definition) is 5. The summed E-state index contributed by atoms with van der Waals surface area (Å²) in [6.45, 7) is 3.28. The molecule has 2 aromatic rings. The molecule has 2 aromatic heterocycles. The lowest BCUT2D eigenvalue weighted by molar-refractivity contribution is 0.208. The smallest absolute Gasteiger partial charge is 0.242 e. The summed E-state index contributed by atoms with van der Waals surface area (Å²) < 4.78 is 8.01. The summed E-state index contributed by atoms with van der Waals surface area (Å²) in [5, 5.41) is 0. The quantitative estimate of drug-likeness (QED) is 0.878. The Morgan fingerprint density at radius 1 is 1.38 bits per heavy atom. The Balaban J connectivity index is 1.78. The molecule has 0 bridgehead atoms. The zero-order valence-electron chi connectivity index (χ0n) is 12.5. The average Bonchev–Trinajstić information content (AvgIpc) is 2.82. The van der Waals surface area contributed by atoms with Gasteiger partial charge in [0.25, 0.3) is 0 Å². The Morgan fingerprint density at radius 2 is 2.14 bits per heavy atom. The Labute approximate surface area is 129 Å². The molecule has 3 rings (SSSR count). The fraction of sp³-hybridized carbons (Fsp3) is 0.643. The molecule has 1 aliphatic rings. The van der Waals surface area contributed by atoms with Crippen LogP contribution in [-0.2, 0) is 6.54 Å². The van der Waals surface area contributed by atoms with Gasteiger partial charge in [-0.05, 0) is 57.5 Å². The molecule has 0 aliphatic carbocycles. The fourth-order valence-corrected chi connectivity index (χ4v) is 3.25. The van der Waals surface area contributed by atoms with Crippen molar-refractivity contribution in [3.05, 3.63) is 11.1 Å². The molecule has 0 spiro atoms. The van der Waals surface area contributed by atoms with Crippen LogP contribution in [0.5, 0.6) is 5.88 Å². The van der Waals surface area contributed by atoms with Gasteiger partial charge in [0.2, 0.25) is 5.88 Å². The van der Waals surface area contributed by atoms with Gasteiger partial charge in [-0.15, -0.1) is 0 Å². The summed E-state index contributed by atoms with van der Waals surface area (Å²) in [6, 6.07) is 0. The fourth-order valence-electron chi connectivity index (χ4n) is 2.97. The summed E-state index contributed by atoms with van der Waals surface area (Å²) in [5.41, 5.74) is 1.62. The number of hydrogen-bond donors (Lipinski definition) is 1. The lowest BCUT2D eigenvalue weighted by Gasteiger charge is -2.28. The highest BCUT2D eigenvalue weighted by molar-refractivity contribution is 7.71. The van der Waals surface area contributed by atoms with Crippen molar-refractivity contribution in [2.75, 3.05) is 27.2 Å². The van der Waals surface area contributed by atoms with E-state index >= 15 is 0 Å².